The molecule has 19 heavy (non-hydrogen) atoms. The van der Waals surface area contributed by atoms with E-state index in [1.807, 2.05) is 12.1 Å². The van der Waals surface area contributed by atoms with Crippen molar-refractivity contribution in [2.45, 2.75) is 31.3 Å². The van der Waals surface area contributed by atoms with Crippen LogP contribution >= 0.6 is 15.9 Å². The summed E-state index contributed by atoms with van der Waals surface area (Å²) in [7, 11) is 1.41. The number of esters is 1. The van der Waals surface area contributed by atoms with Gasteiger partial charge in [0.05, 0.1) is 32.2 Å². The largest absolute Gasteiger partial charge is 0.469 e. The van der Waals surface area contributed by atoms with Crippen molar-refractivity contribution in [1.29, 1.82) is 0 Å². The van der Waals surface area contributed by atoms with E-state index in [1.54, 1.807) is 0 Å². The molecule has 1 fully saturated rings. The third-order valence-corrected chi connectivity index (χ3v) is 3.73. The van der Waals surface area contributed by atoms with Crippen LogP contribution < -0.4 is 5.32 Å². The maximum absolute atomic E-state index is 11.6. The van der Waals surface area contributed by atoms with Crippen LogP contribution in [0.3, 0.4) is 0 Å². The molecule has 1 N–H and O–H groups in total. The molecule has 1 aliphatic heterocycles. The van der Waals surface area contributed by atoms with E-state index in [0.717, 1.165) is 25.2 Å². The summed E-state index contributed by atoms with van der Waals surface area (Å²) in [5, 5.41) is 3.39. The SMILES string of the molecule is COC(=O)CC1(NCc2ccc(Br)o2)CCCOC1. The van der Waals surface area contributed by atoms with Crippen molar-refractivity contribution < 1.29 is 18.7 Å². The Morgan fingerprint density at radius 1 is 1.58 bits per heavy atom. The number of carbonyl (C=O) groups excluding carboxylic acids is 1. The van der Waals surface area contributed by atoms with Crippen molar-refractivity contribution in [3.63, 3.8) is 0 Å². The average molecular weight is 332 g/mol. The Hall–Kier alpha value is -0.850. The molecule has 0 bridgehead atoms. The minimum absolute atomic E-state index is 0.223. The monoisotopic (exact) mass is 331 g/mol. The summed E-state index contributed by atoms with van der Waals surface area (Å²) in [6, 6.07) is 3.74. The van der Waals surface area contributed by atoms with Gasteiger partial charge >= 0.3 is 5.97 Å². The van der Waals surface area contributed by atoms with E-state index >= 15 is 0 Å². The first-order chi connectivity index (χ1) is 9.13. The van der Waals surface area contributed by atoms with E-state index in [9.17, 15) is 4.79 Å². The standard InChI is InChI=1S/C13H18BrNO4/c1-17-12(16)7-13(5-2-6-18-9-13)15-8-10-3-4-11(14)19-10/h3-4,15H,2,5-9H2,1H3. The molecule has 6 heteroatoms. The zero-order chi connectivity index (χ0) is 13.7. The lowest BCUT2D eigenvalue weighted by atomic mass is 9.88. The minimum Gasteiger partial charge on any atom is -0.469 e. The quantitative estimate of drug-likeness (QED) is 0.838. The first-order valence-corrected chi connectivity index (χ1v) is 7.07. The highest BCUT2D eigenvalue weighted by Crippen LogP contribution is 2.24. The van der Waals surface area contributed by atoms with Crippen LogP contribution in [0.25, 0.3) is 0 Å². The predicted octanol–water partition coefficient (Wildman–Crippen LogP) is 2.24. The van der Waals surface area contributed by atoms with Gasteiger partial charge in [-0.3, -0.25) is 4.79 Å². The zero-order valence-electron chi connectivity index (χ0n) is 10.9. The maximum Gasteiger partial charge on any atom is 0.307 e. The lowest BCUT2D eigenvalue weighted by molar-refractivity contribution is -0.144. The van der Waals surface area contributed by atoms with Crippen molar-refractivity contribution >= 4 is 21.9 Å². The van der Waals surface area contributed by atoms with Crippen molar-refractivity contribution in [1.82, 2.24) is 5.32 Å². The second-order valence-corrected chi connectivity index (χ2v) is 5.53. The van der Waals surface area contributed by atoms with E-state index in [0.29, 0.717) is 24.2 Å². The summed E-state index contributed by atoms with van der Waals surface area (Å²) in [6.45, 7) is 1.83. The summed E-state index contributed by atoms with van der Waals surface area (Å²) in [5.41, 5.74) is -0.357. The van der Waals surface area contributed by atoms with Crippen LogP contribution in [0.4, 0.5) is 0 Å². The Morgan fingerprint density at radius 2 is 2.42 bits per heavy atom. The van der Waals surface area contributed by atoms with Crippen molar-refractivity contribution in [2.24, 2.45) is 0 Å². The first-order valence-electron chi connectivity index (χ1n) is 6.27. The van der Waals surface area contributed by atoms with Gasteiger partial charge in [-0.2, -0.15) is 0 Å². The van der Waals surface area contributed by atoms with E-state index in [2.05, 4.69) is 21.2 Å². The summed E-state index contributed by atoms with van der Waals surface area (Å²) < 4.78 is 16.4. The molecule has 0 amide bonds. The molecule has 106 valence electrons. The number of furan rings is 1. The number of rotatable bonds is 5. The summed E-state index contributed by atoms with van der Waals surface area (Å²) in [6.07, 6.45) is 2.14. The molecule has 1 aliphatic rings. The van der Waals surface area contributed by atoms with Gasteiger partial charge in [0.1, 0.15) is 5.76 Å². The number of hydrogen-bond acceptors (Lipinski definition) is 5. The third-order valence-electron chi connectivity index (χ3n) is 3.30. The smallest absolute Gasteiger partial charge is 0.307 e. The topological polar surface area (TPSA) is 60.7 Å². The Labute approximate surface area is 120 Å². The van der Waals surface area contributed by atoms with Gasteiger partial charge in [0.25, 0.3) is 0 Å². The molecule has 0 radical (unpaired) electrons. The molecule has 1 unspecified atom stereocenters. The van der Waals surface area contributed by atoms with Crippen LogP contribution in [0.2, 0.25) is 0 Å². The normalized spacial score (nSPS) is 23.3. The second-order valence-electron chi connectivity index (χ2n) is 4.75. The Kier molecular flexibility index (Phi) is 5.01. The van der Waals surface area contributed by atoms with Crippen LogP contribution in [-0.2, 0) is 20.8 Å². The number of methoxy groups -OCH3 is 1. The van der Waals surface area contributed by atoms with Gasteiger partial charge < -0.3 is 19.2 Å². The fourth-order valence-corrected chi connectivity index (χ4v) is 2.60. The molecule has 1 saturated heterocycles. The highest BCUT2D eigenvalue weighted by molar-refractivity contribution is 9.10. The fourth-order valence-electron chi connectivity index (χ4n) is 2.26. The number of halogens is 1. The van der Waals surface area contributed by atoms with Crippen LogP contribution in [-0.4, -0.2) is 31.8 Å². The molecule has 1 atom stereocenters. The lowest BCUT2D eigenvalue weighted by Crippen LogP contribution is -2.52. The number of carbonyl (C=O) groups is 1. The molecule has 2 heterocycles. The molecule has 1 aromatic heterocycles. The van der Waals surface area contributed by atoms with Gasteiger partial charge in [0.15, 0.2) is 4.67 Å². The number of nitrogens with one attached hydrogen (secondary N) is 1. The molecular formula is C13H18BrNO4. The molecule has 0 spiro atoms. The molecule has 0 aromatic carbocycles. The minimum atomic E-state index is -0.357. The highest BCUT2D eigenvalue weighted by Gasteiger charge is 2.35. The summed E-state index contributed by atoms with van der Waals surface area (Å²) in [5.74, 6) is 0.598. The van der Waals surface area contributed by atoms with Crippen molar-refractivity contribution in [3.8, 4) is 0 Å². The fraction of sp³-hybridized carbons (Fsp3) is 0.615. The Morgan fingerprint density at radius 3 is 3.00 bits per heavy atom. The van der Waals surface area contributed by atoms with Gasteiger partial charge in [-0.1, -0.05) is 0 Å². The lowest BCUT2D eigenvalue weighted by Gasteiger charge is -2.37. The van der Waals surface area contributed by atoms with Gasteiger partial charge in [-0.15, -0.1) is 0 Å². The van der Waals surface area contributed by atoms with Crippen molar-refractivity contribution in [2.75, 3.05) is 20.3 Å². The molecular weight excluding hydrogens is 314 g/mol. The van der Waals surface area contributed by atoms with Gasteiger partial charge in [-0.25, -0.2) is 0 Å². The second kappa shape index (κ2) is 6.54. The third kappa shape index (κ3) is 4.06. The van der Waals surface area contributed by atoms with Gasteiger partial charge in [-0.05, 0) is 40.9 Å². The van der Waals surface area contributed by atoms with Crippen LogP contribution in [0.15, 0.2) is 21.2 Å². The summed E-state index contributed by atoms with van der Waals surface area (Å²) in [4.78, 5) is 11.6. The molecule has 2 rings (SSSR count). The van der Waals surface area contributed by atoms with E-state index in [-0.39, 0.29) is 11.5 Å². The number of hydrogen-bond donors (Lipinski definition) is 1. The molecule has 1 aromatic rings. The van der Waals surface area contributed by atoms with Crippen LogP contribution in [0.1, 0.15) is 25.0 Å². The van der Waals surface area contributed by atoms with E-state index in [4.69, 9.17) is 13.9 Å². The highest BCUT2D eigenvalue weighted by atomic mass is 79.9. The maximum atomic E-state index is 11.6. The Balaban J connectivity index is 1.98. The van der Waals surface area contributed by atoms with E-state index < -0.39 is 0 Å². The van der Waals surface area contributed by atoms with E-state index in [1.165, 1.54) is 7.11 Å². The Bertz CT molecular complexity index is 426. The predicted molar refractivity (Wildman–Crippen MR) is 72.7 cm³/mol. The summed E-state index contributed by atoms with van der Waals surface area (Å²) >= 11 is 3.27. The van der Waals surface area contributed by atoms with Gasteiger partial charge in [0, 0.05) is 6.61 Å². The van der Waals surface area contributed by atoms with Gasteiger partial charge in [0.2, 0.25) is 0 Å². The molecule has 5 nitrogen and oxygen atoms in total. The van der Waals surface area contributed by atoms with Crippen LogP contribution in [0, 0.1) is 0 Å². The zero-order valence-corrected chi connectivity index (χ0v) is 12.5. The molecule has 0 saturated carbocycles. The molecule has 0 aliphatic carbocycles. The average Bonchev–Trinajstić information content (AvgIpc) is 2.83. The number of ether oxygens (including phenoxy) is 2. The first kappa shape index (κ1) is 14.6. The van der Waals surface area contributed by atoms with Crippen molar-refractivity contribution in [3.05, 3.63) is 22.6 Å². The van der Waals surface area contributed by atoms with Crippen LogP contribution in [0.5, 0.6) is 0 Å².